The van der Waals surface area contributed by atoms with Crippen LogP contribution in [0.5, 0.6) is 0 Å². The van der Waals surface area contributed by atoms with Crippen LogP contribution in [0.25, 0.3) is 11.2 Å². The van der Waals surface area contributed by atoms with Crippen LogP contribution in [0.15, 0.2) is 18.3 Å². The maximum absolute atomic E-state index is 8.94. The second-order valence-electron chi connectivity index (χ2n) is 3.16. The second kappa shape index (κ2) is 3.36. The highest BCUT2D eigenvalue weighted by Crippen LogP contribution is 2.15. The fourth-order valence-electron chi connectivity index (χ4n) is 1.46. The summed E-state index contributed by atoms with van der Waals surface area (Å²) in [5.74, 6) is 0.654. The molecule has 0 bridgehead atoms. The molecule has 0 aliphatic rings. The number of hydrogen-bond acceptors (Lipinski definition) is 4. The van der Waals surface area contributed by atoms with E-state index in [0.29, 0.717) is 11.5 Å². The molecule has 0 radical (unpaired) electrons. The number of aryl methyl sites for hydroxylation is 1. The lowest BCUT2D eigenvalue weighted by Gasteiger charge is -2.07. The van der Waals surface area contributed by atoms with E-state index in [0.717, 1.165) is 5.52 Å². The van der Waals surface area contributed by atoms with Crippen LogP contribution in [-0.4, -0.2) is 26.2 Å². The molecule has 0 fully saturated rings. The number of aliphatic hydroxyl groups excluding tert-OH is 1. The van der Waals surface area contributed by atoms with E-state index in [9.17, 15) is 0 Å². The summed E-state index contributed by atoms with van der Waals surface area (Å²) in [7, 11) is 1.86. The molecule has 0 aliphatic carbocycles. The zero-order valence-electron chi connectivity index (χ0n) is 7.88. The molecule has 1 atom stereocenters. The Hall–Kier alpha value is -1.46. The summed E-state index contributed by atoms with van der Waals surface area (Å²) in [6.45, 7) is -0.114. The highest BCUT2D eigenvalue weighted by molar-refractivity contribution is 5.71. The minimum Gasteiger partial charge on any atom is -0.394 e. The Kier molecular flexibility index (Phi) is 2.18. The summed E-state index contributed by atoms with van der Waals surface area (Å²) >= 11 is 0. The van der Waals surface area contributed by atoms with Crippen LogP contribution in [-0.2, 0) is 7.05 Å². The Balaban J connectivity index is 2.62. The molecule has 14 heavy (non-hydrogen) atoms. The topological polar surface area (TPSA) is 77.0 Å². The van der Waals surface area contributed by atoms with Gasteiger partial charge in [0.1, 0.15) is 5.82 Å². The first-order chi connectivity index (χ1) is 6.74. The van der Waals surface area contributed by atoms with E-state index < -0.39 is 6.04 Å². The van der Waals surface area contributed by atoms with Gasteiger partial charge in [-0.15, -0.1) is 0 Å². The summed E-state index contributed by atoms with van der Waals surface area (Å²) in [6, 6.07) is 3.32. The van der Waals surface area contributed by atoms with E-state index in [2.05, 4.69) is 9.97 Å². The molecule has 2 rings (SSSR count). The van der Waals surface area contributed by atoms with Crippen molar-refractivity contribution in [3.05, 3.63) is 24.2 Å². The molecule has 5 nitrogen and oxygen atoms in total. The van der Waals surface area contributed by atoms with Gasteiger partial charge in [0.05, 0.1) is 18.2 Å². The third-order valence-corrected chi connectivity index (χ3v) is 2.22. The van der Waals surface area contributed by atoms with Gasteiger partial charge in [-0.1, -0.05) is 0 Å². The number of hydrogen-bond donors (Lipinski definition) is 2. The lowest BCUT2D eigenvalue weighted by molar-refractivity contribution is 0.262. The van der Waals surface area contributed by atoms with Crippen LogP contribution in [0, 0.1) is 0 Å². The molecule has 74 valence electrons. The van der Waals surface area contributed by atoms with E-state index in [1.807, 2.05) is 23.7 Å². The highest BCUT2D eigenvalue weighted by Gasteiger charge is 2.13. The SMILES string of the molecule is Cn1c(C(N)CO)nc2ncccc21. The van der Waals surface area contributed by atoms with Crippen molar-refractivity contribution < 1.29 is 5.11 Å². The van der Waals surface area contributed by atoms with E-state index in [4.69, 9.17) is 10.8 Å². The molecule has 5 heteroatoms. The zero-order chi connectivity index (χ0) is 10.1. The number of pyridine rings is 1. The largest absolute Gasteiger partial charge is 0.394 e. The monoisotopic (exact) mass is 192 g/mol. The van der Waals surface area contributed by atoms with Gasteiger partial charge >= 0.3 is 0 Å². The fourth-order valence-corrected chi connectivity index (χ4v) is 1.46. The van der Waals surface area contributed by atoms with Crippen LogP contribution >= 0.6 is 0 Å². The summed E-state index contributed by atoms with van der Waals surface area (Å²) < 4.78 is 1.85. The van der Waals surface area contributed by atoms with Crippen LogP contribution < -0.4 is 5.73 Å². The van der Waals surface area contributed by atoms with Gasteiger partial charge in [-0.2, -0.15) is 0 Å². The normalized spacial score (nSPS) is 13.4. The maximum atomic E-state index is 8.94. The number of imidazole rings is 1. The smallest absolute Gasteiger partial charge is 0.177 e. The molecule has 0 spiro atoms. The van der Waals surface area contributed by atoms with Crippen LogP contribution in [0.1, 0.15) is 11.9 Å². The number of aliphatic hydroxyl groups is 1. The van der Waals surface area contributed by atoms with Gasteiger partial charge in [0.25, 0.3) is 0 Å². The number of rotatable bonds is 2. The van der Waals surface area contributed by atoms with Crippen molar-refractivity contribution in [1.82, 2.24) is 14.5 Å². The first kappa shape index (κ1) is 9.11. The van der Waals surface area contributed by atoms with E-state index in [1.54, 1.807) is 6.20 Å². The molecule has 2 aromatic heterocycles. The molecule has 0 aromatic carbocycles. The third-order valence-electron chi connectivity index (χ3n) is 2.22. The lowest BCUT2D eigenvalue weighted by Crippen LogP contribution is -2.18. The van der Waals surface area contributed by atoms with Gasteiger partial charge < -0.3 is 15.4 Å². The first-order valence-corrected chi connectivity index (χ1v) is 4.38. The Labute approximate surface area is 81.2 Å². The Bertz CT molecular complexity index is 451. The molecular weight excluding hydrogens is 180 g/mol. The molecule has 0 saturated carbocycles. The van der Waals surface area contributed by atoms with Gasteiger partial charge in [0.2, 0.25) is 0 Å². The summed E-state index contributed by atoms with van der Waals surface area (Å²) in [5.41, 5.74) is 7.28. The van der Waals surface area contributed by atoms with Crippen LogP contribution in [0.4, 0.5) is 0 Å². The van der Waals surface area contributed by atoms with Gasteiger partial charge in [0.15, 0.2) is 5.65 Å². The Morgan fingerprint density at radius 2 is 2.43 bits per heavy atom. The number of nitrogens with zero attached hydrogens (tertiary/aromatic N) is 3. The maximum Gasteiger partial charge on any atom is 0.177 e. The second-order valence-corrected chi connectivity index (χ2v) is 3.16. The van der Waals surface area contributed by atoms with Gasteiger partial charge in [0, 0.05) is 13.2 Å². The molecule has 2 heterocycles. The first-order valence-electron chi connectivity index (χ1n) is 4.38. The number of fused-ring (bicyclic) bond motifs is 1. The van der Waals surface area contributed by atoms with Crippen molar-refractivity contribution in [2.75, 3.05) is 6.61 Å². The molecule has 0 aliphatic heterocycles. The predicted octanol–water partition coefficient (Wildman–Crippen LogP) is -0.0396. The summed E-state index contributed by atoms with van der Waals surface area (Å²) in [4.78, 5) is 8.36. The minimum absolute atomic E-state index is 0.114. The summed E-state index contributed by atoms with van der Waals surface area (Å²) in [6.07, 6.45) is 1.68. The lowest BCUT2D eigenvalue weighted by atomic mass is 10.3. The van der Waals surface area contributed by atoms with Crippen molar-refractivity contribution >= 4 is 11.2 Å². The minimum atomic E-state index is -0.450. The Morgan fingerprint density at radius 1 is 1.64 bits per heavy atom. The third kappa shape index (κ3) is 1.26. The average molecular weight is 192 g/mol. The van der Waals surface area contributed by atoms with E-state index in [1.165, 1.54) is 0 Å². The molecular formula is C9H12N4O. The van der Waals surface area contributed by atoms with Crippen molar-refractivity contribution in [2.45, 2.75) is 6.04 Å². The van der Waals surface area contributed by atoms with E-state index >= 15 is 0 Å². The molecule has 0 amide bonds. The van der Waals surface area contributed by atoms with Crippen LogP contribution in [0.2, 0.25) is 0 Å². The predicted molar refractivity (Wildman–Crippen MR) is 52.5 cm³/mol. The molecule has 0 saturated heterocycles. The van der Waals surface area contributed by atoms with Gasteiger partial charge in [-0.3, -0.25) is 0 Å². The summed E-state index contributed by atoms with van der Waals surface area (Å²) in [5, 5.41) is 8.94. The molecule has 3 N–H and O–H groups in total. The van der Waals surface area contributed by atoms with Crippen molar-refractivity contribution in [3.63, 3.8) is 0 Å². The number of nitrogens with two attached hydrogens (primary N) is 1. The quantitative estimate of drug-likeness (QED) is 0.700. The standard InChI is InChI=1S/C9H12N4O/c1-13-7-3-2-4-11-8(7)12-9(13)6(10)5-14/h2-4,6,14H,5,10H2,1H3. The zero-order valence-corrected chi connectivity index (χ0v) is 7.88. The van der Waals surface area contributed by atoms with Crippen molar-refractivity contribution in [2.24, 2.45) is 12.8 Å². The van der Waals surface area contributed by atoms with Gasteiger partial charge in [-0.25, -0.2) is 9.97 Å². The molecule has 1 unspecified atom stereocenters. The Morgan fingerprint density at radius 3 is 3.07 bits per heavy atom. The fraction of sp³-hybridized carbons (Fsp3) is 0.333. The highest BCUT2D eigenvalue weighted by atomic mass is 16.3. The van der Waals surface area contributed by atoms with Crippen LogP contribution in [0.3, 0.4) is 0 Å². The molecule has 2 aromatic rings. The van der Waals surface area contributed by atoms with Crippen molar-refractivity contribution in [1.29, 1.82) is 0 Å². The van der Waals surface area contributed by atoms with E-state index in [-0.39, 0.29) is 6.61 Å². The average Bonchev–Trinajstić information content (AvgIpc) is 2.56. The number of aromatic nitrogens is 3. The van der Waals surface area contributed by atoms with Gasteiger partial charge in [-0.05, 0) is 12.1 Å². The van der Waals surface area contributed by atoms with Crippen molar-refractivity contribution in [3.8, 4) is 0 Å².